The van der Waals surface area contributed by atoms with Crippen LogP contribution in [-0.4, -0.2) is 17.3 Å². The van der Waals surface area contributed by atoms with Gasteiger partial charge in [-0.2, -0.15) is 5.26 Å². The smallest absolute Gasteiger partial charge is 0.110 e. The summed E-state index contributed by atoms with van der Waals surface area (Å²) < 4.78 is 1.14. The number of thiophene rings is 1. The fourth-order valence-corrected chi connectivity index (χ4v) is 3.45. The van der Waals surface area contributed by atoms with Gasteiger partial charge in [0, 0.05) is 16.9 Å². The van der Waals surface area contributed by atoms with Crippen LogP contribution in [0.2, 0.25) is 0 Å². The molecule has 0 radical (unpaired) electrons. The highest BCUT2D eigenvalue weighted by Crippen LogP contribution is 2.34. The Labute approximate surface area is 116 Å². The van der Waals surface area contributed by atoms with Crippen LogP contribution >= 0.6 is 11.3 Å². The fourth-order valence-electron chi connectivity index (χ4n) is 2.47. The van der Waals surface area contributed by atoms with Gasteiger partial charge in [-0.1, -0.05) is 0 Å². The molecule has 1 aliphatic carbocycles. The number of fused-ring (bicyclic) bond motifs is 1. The van der Waals surface area contributed by atoms with E-state index >= 15 is 0 Å². The van der Waals surface area contributed by atoms with E-state index in [4.69, 9.17) is 5.26 Å². The van der Waals surface area contributed by atoms with Crippen LogP contribution in [0.4, 0.5) is 5.69 Å². The molecule has 0 unspecified atom stereocenters. The van der Waals surface area contributed by atoms with Gasteiger partial charge in [0.15, 0.2) is 0 Å². The van der Waals surface area contributed by atoms with Gasteiger partial charge in [0.25, 0.3) is 0 Å². The number of nitriles is 1. The lowest BCUT2D eigenvalue weighted by Gasteiger charge is -2.36. The molecule has 1 aromatic heterocycles. The number of aliphatic hydroxyl groups is 1. The average Bonchev–Trinajstić information content (AvgIpc) is 2.71. The molecule has 19 heavy (non-hydrogen) atoms. The standard InChI is InChI=1S/C15H16N2OS/c1-10-12-7-11(17-9-15(18)5-2-6-15)3-4-13(12)19-14(10)8-16/h3-4,7,17-18H,2,5-6,9H2,1H3. The van der Waals surface area contributed by atoms with Crippen molar-refractivity contribution in [3.8, 4) is 6.07 Å². The number of aryl methyl sites for hydroxylation is 1. The Morgan fingerprint density at radius 2 is 2.26 bits per heavy atom. The number of nitrogens with one attached hydrogen (secondary N) is 1. The molecular formula is C15H16N2OS. The van der Waals surface area contributed by atoms with Gasteiger partial charge in [0.1, 0.15) is 10.9 Å². The van der Waals surface area contributed by atoms with Crippen LogP contribution in [0.1, 0.15) is 29.7 Å². The van der Waals surface area contributed by atoms with Crippen LogP contribution in [0.5, 0.6) is 0 Å². The molecule has 1 saturated carbocycles. The van der Waals surface area contributed by atoms with E-state index in [0.717, 1.165) is 45.5 Å². The van der Waals surface area contributed by atoms with Crippen LogP contribution in [0.3, 0.4) is 0 Å². The van der Waals surface area contributed by atoms with Crippen molar-refractivity contribution in [2.45, 2.75) is 31.8 Å². The lowest BCUT2D eigenvalue weighted by Crippen LogP contribution is -2.43. The summed E-state index contributed by atoms with van der Waals surface area (Å²) in [6.07, 6.45) is 2.89. The van der Waals surface area contributed by atoms with Crippen LogP contribution in [0.15, 0.2) is 18.2 Å². The van der Waals surface area contributed by atoms with Gasteiger partial charge in [0.2, 0.25) is 0 Å². The molecule has 0 saturated heterocycles. The van der Waals surface area contributed by atoms with E-state index in [2.05, 4.69) is 17.5 Å². The molecule has 2 N–H and O–H groups in total. The Hall–Kier alpha value is -1.57. The maximum atomic E-state index is 10.1. The first-order valence-electron chi connectivity index (χ1n) is 6.51. The van der Waals surface area contributed by atoms with Gasteiger partial charge < -0.3 is 10.4 Å². The molecule has 0 aliphatic heterocycles. The van der Waals surface area contributed by atoms with Gasteiger partial charge in [-0.05, 0) is 55.3 Å². The van der Waals surface area contributed by atoms with E-state index in [1.807, 2.05) is 19.1 Å². The maximum absolute atomic E-state index is 10.1. The van der Waals surface area contributed by atoms with E-state index in [-0.39, 0.29) is 0 Å². The average molecular weight is 272 g/mol. The van der Waals surface area contributed by atoms with Gasteiger partial charge in [-0.3, -0.25) is 0 Å². The first-order valence-corrected chi connectivity index (χ1v) is 7.32. The molecule has 0 atom stereocenters. The topological polar surface area (TPSA) is 56.0 Å². The minimum Gasteiger partial charge on any atom is -0.388 e. The summed E-state index contributed by atoms with van der Waals surface area (Å²) >= 11 is 1.53. The van der Waals surface area contributed by atoms with Crippen molar-refractivity contribution >= 4 is 27.1 Å². The quantitative estimate of drug-likeness (QED) is 0.900. The van der Waals surface area contributed by atoms with Gasteiger partial charge in [-0.15, -0.1) is 11.3 Å². The minimum atomic E-state index is -0.517. The molecule has 1 heterocycles. The molecule has 1 fully saturated rings. The molecular weight excluding hydrogens is 256 g/mol. The van der Waals surface area contributed by atoms with Crippen molar-refractivity contribution in [2.75, 3.05) is 11.9 Å². The summed E-state index contributed by atoms with van der Waals surface area (Å²) in [5.74, 6) is 0. The molecule has 4 heteroatoms. The van der Waals surface area contributed by atoms with Crippen LogP contribution in [0.25, 0.3) is 10.1 Å². The summed E-state index contributed by atoms with van der Waals surface area (Å²) in [4.78, 5) is 0.782. The molecule has 1 aromatic carbocycles. The summed E-state index contributed by atoms with van der Waals surface area (Å²) in [7, 11) is 0. The van der Waals surface area contributed by atoms with Crippen molar-refractivity contribution in [3.05, 3.63) is 28.6 Å². The second-order valence-corrected chi connectivity index (χ2v) is 6.36. The van der Waals surface area contributed by atoms with E-state index in [0.29, 0.717) is 6.54 Å². The Kier molecular flexibility index (Phi) is 2.96. The third kappa shape index (κ3) is 2.20. The second kappa shape index (κ2) is 4.52. The predicted octanol–water partition coefficient (Wildman–Crippen LogP) is 3.41. The second-order valence-electron chi connectivity index (χ2n) is 5.31. The predicted molar refractivity (Wildman–Crippen MR) is 78.6 cm³/mol. The number of hydrogen-bond donors (Lipinski definition) is 2. The highest BCUT2D eigenvalue weighted by Gasteiger charge is 2.33. The normalized spacial score (nSPS) is 16.9. The van der Waals surface area contributed by atoms with Crippen molar-refractivity contribution < 1.29 is 5.11 Å². The zero-order valence-corrected chi connectivity index (χ0v) is 11.7. The Balaban J connectivity index is 1.85. The lowest BCUT2D eigenvalue weighted by atomic mass is 9.80. The van der Waals surface area contributed by atoms with Crippen molar-refractivity contribution in [1.29, 1.82) is 5.26 Å². The fraction of sp³-hybridized carbons (Fsp3) is 0.400. The number of nitrogens with zero attached hydrogens (tertiary/aromatic N) is 1. The Bertz CT molecular complexity index is 665. The number of hydrogen-bond acceptors (Lipinski definition) is 4. The maximum Gasteiger partial charge on any atom is 0.110 e. The number of benzene rings is 1. The van der Waals surface area contributed by atoms with E-state index < -0.39 is 5.60 Å². The third-order valence-corrected chi connectivity index (χ3v) is 5.12. The summed E-state index contributed by atoms with van der Waals surface area (Å²) in [5.41, 5.74) is 1.54. The Morgan fingerprint density at radius 3 is 2.89 bits per heavy atom. The lowest BCUT2D eigenvalue weighted by molar-refractivity contribution is -0.0201. The van der Waals surface area contributed by atoms with Crippen LogP contribution in [0, 0.1) is 18.3 Å². The van der Waals surface area contributed by atoms with E-state index in [1.165, 1.54) is 11.3 Å². The van der Waals surface area contributed by atoms with Crippen molar-refractivity contribution in [1.82, 2.24) is 0 Å². The van der Waals surface area contributed by atoms with E-state index in [1.54, 1.807) is 0 Å². The summed E-state index contributed by atoms with van der Waals surface area (Å²) in [5, 5.41) is 23.6. The highest BCUT2D eigenvalue weighted by molar-refractivity contribution is 7.19. The van der Waals surface area contributed by atoms with Crippen LogP contribution < -0.4 is 5.32 Å². The molecule has 1 aliphatic rings. The molecule has 0 spiro atoms. The van der Waals surface area contributed by atoms with Crippen molar-refractivity contribution in [2.24, 2.45) is 0 Å². The minimum absolute atomic E-state index is 0.517. The van der Waals surface area contributed by atoms with Crippen LogP contribution in [-0.2, 0) is 0 Å². The molecule has 2 aromatic rings. The van der Waals surface area contributed by atoms with Gasteiger partial charge in [-0.25, -0.2) is 0 Å². The molecule has 3 nitrogen and oxygen atoms in total. The SMILES string of the molecule is Cc1c(C#N)sc2ccc(NCC3(O)CCC3)cc12. The zero-order valence-electron chi connectivity index (χ0n) is 10.9. The summed E-state index contributed by atoms with van der Waals surface area (Å²) in [6.45, 7) is 2.59. The number of anilines is 1. The molecule has 3 rings (SSSR count). The molecule has 0 amide bonds. The molecule has 0 bridgehead atoms. The van der Waals surface area contributed by atoms with Crippen molar-refractivity contribution in [3.63, 3.8) is 0 Å². The molecule has 98 valence electrons. The van der Waals surface area contributed by atoms with Gasteiger partial charge in [0.05, 0.1) is 5.60 Å². The zero-order chi connectivity index (χ0) is 13.5. The van der Waals surface area contributed by atoms with E-state index in [9.17, 15) is 5.11 Å². The first kappa shape index (κ1) is 12.5. The Morgan fingerprint density at radius 1 is 1.47 bits per heavy atom. The first-order chi connectivity index (χ1) is 9.11. The summed E-state index contributed by atoms with van der Waals surface area (Å²) in [6, 6.07) is 8.37. The largest absolute Gasteiger partial charge is 0.388 e. The number of rotatable bonds is 3. The third-order valence-electron chi connectivity index (χ3n) is 3.94. The van der Waals surface area contributed by atoms with Gasteiger partial charge >= 0.3 is 0 Å². The highest BCUT2D eigenvalue weighted by atomic mass is 32.1. The monoisotopic (exact) mass is 272 g/mol.